The van der Waals surface area contributed by atoms with Crippen LogP contribution < -0.4 is 4.74 Å². The van der Waals surface area contributed by atoms with Crippen molar-refractivity contribution in [2.75, 3.05) is 7.11 Å². The summed E-state index contributed by atoms with van der Waals surface area (Å²) in [5, 5.41) is 0. The molecule has 1 heterocycles. The number of amides is 2. The average molecular weight is 317 g/mol. The molecule has 2 amide bonds. The van der Waals surface area contributed by atoms with Crippen LogP contribution in [0.15, 0.2) is 30.3 Å². The summed E-state index contributed by atoms with van der Waals surface area (Å²) >= 11 is 0. The summed E-state index contributed by atoms with van der Waals surface area (Å²) in [6, 6.07) is 6.48. The fourth-order valence-corrected chi connectivity index (χ4v) is 2.73. The Kier molecular flexibility index (Phi) is 3.60. The lowest BCUT2D eigenvalue weighted by molar-refractivity contribution is 0.0639. The largest absolute Gasteiger partial charge is 0.496 e. The van der Waals surface area contributed by atoms with E-state index in [4.69, 9.17) is 4.74 Å². The van der Waals surface area contributed by atoms with Gasteiger partial charge in [0.15, 0.2) is 0 Å². The molecule has 2 aromatic carbocycles. The Morgan fingerprint density at radius 3 is 2.30 bits per heavy atom. The number of hydrogen-bond donors (Lipinski definition) is 0. The van der Waals surface area contributed by atoms with Gasteiger partial charge in [0.1, 0.15) is 17.4 Å². The fourth-order valence-electron chi connectivity index (χ4n) is 2.73. The standard InChI is InChI=1S/C17H13F2NO3/c1-9-14(23-2)7-6-10-15(9)17(22)20(16(10)21)8-11-12(18)4-3-5-13(11)19/h3-7H,8H2,1-2H3. The van der Waals surface area contributed by atoms with Crippen molar-refractivity contribution in [1.29, 1.82) is 0 Å². The number of hydrogen-bond acceptors (Lipinski definition) is 3. The van der Waals surface area contributed by atoms with E-state index in [2.05, 4.69) is 0 Å². The molecule has 23 heavy (non-hydrogen) atoms. The monoisotopic (exact) mass is 317 g/mol. The van der Waals surface area contributed by atoms with Crippen LogP contribution in [0.1, 0.15) is 31.8 Å². The molecule has 3 rings (SSSR count). The molecule has 0 bridgehead atoms. The number of carbonyl (C=O) groups is 2. The molecule has 2 aromatic rings. The minimum Gasteiger partial charge on any atom is -0.496 e. The van der Waals surface area contributed by atoms with Crippen molar-refractivity contribution in [3.63, 3.8) is 0 Å². The zero-order valence-corrected chi connectivity index (χ0v) is 12.5. The van der Waals surface area contributed by atoms with Gasteiger partial charge in [-0.1, -0.05) is 6.07 Å². The van der Waals surface area contributed by atoms with Crippen LogP contribution in [0.25, 0.3) is 0 Å². The van der Waals surface area contributed by atoms with Crippen LogP contribution in [-0.4, -0.2) is 23.8 Å². The molecule has 0 radical (unpaired) electrons. The van der Waals surface area contributed by atoms with Crippen molar-refractivity contribution in [2.24, 2.45) is 0 Å². The van der Waals surface area contributed by atoms with Crippen LogP contribution in [0.4, 0.5) is 8.78 Å². The summed E-state index contributed by atoms with van der Waals surface area (Å²) < 4.78 is 32.7. The minimum absolute atomic E-state index is 0.213. The van der Waals surface area contributed by atoms with Gasteiger partial charge in [-0.25, -0.2) is 8.78 Å². The van der Waals surface area contributed by atoms with Gasteiger partial charge in [-0.05, 0) is 31.2 Å². The zero-order chi connectivity index (χ0) is 16.7. The molecular formula is C17H13F2NO3. The van der Waals surface area contributed by atoms with Gasteiger partial charge in [0.2, 0.25) is 0 Å². The number of imide groups is 1. The summed E-state index contributed by atoms with van der Waals surface area (Å²) in [6.07, 6.45) is 0. The summed E-state index contributed by atoms with van der Waals surface area (Å²) in [5.74, 6) is -2.27. The molecule has 0 aliphatic carbocycles. The molecule has 4 nitrogen and oxygen atoms in total. The number of nitrogens with zero attached hydrogens (tertiary/aromatic N) is 1. The van der Waals surface area contributed by atoms with E-state index in [-0.39, 0.29) is 16.7 Å². The van der Waals surface area contributed by atoms with Crippen molar-refractivity contribution in [2.45, 2.75) is 13.5 Å². The highest BCUT2D eigenvalue weighted by Gasteiger charge is 2.38. The molecule has 0 aromatic heterocycles. The number of halogens is 2. The van der Waals surface area contributed by atoms with Crippen LogP contribution in [0.3, 0.4) is 0 Å². The molecule has 0 saturated heterocycles. The van der Waals surface area contributed by atoms with Crippen LogP contribution in [0, 0.1) is 18.6 Å². The number of rotatable bonds is 3. The van der Waals surface area contributed by atoms with Crippen LogP contribution in [0.2, 0.25) is 0 Å². The summed E-state index contributed by atoms with van der Waals surface area (Å²) in [5.41, 5.74) is 0.641. The van der Waals surface area contributed by atoms with Crippen molar-refractivity contribution < 1.29 is 23.1 Å². The van der Waals surface area contributed by atoms with Gasteiger partial charge in [-0.3, -0.25) is 14.5 Å². The van der Waals surface area contributed by atoms with Gasteiger partial charge in [-0.2, -0.15) is 0 Å². The highest BCUT2D eigenvalue weighted by Crippen LogP contribution is 2.32. The molecule has 118 valence electrons. The van der Waals surface area contributed by atoms with Crippen molar-refractivity contribution in [3.05, 3.63) is 64.2 Å². The number of methoxy groups -OCH3 is 1. The lowest BCUT2D eigenvalue weighted by atomic mass is 10.0. The third kappa shape index (κ3) is 2.27. The SMILES string of the molecule is COc1ccc2c(c1C)C(=O)N(Cc1c(F)cccc1F)C2=O. The second kappa shape index (κ2) is 5.46. The lowest BCUT2D eigenvalue weighted by Gasteiger charge is -2.15. The Balaban J connectivity index is 2.03. The Labute approximate surface area is 131 Å². The second-order valence-electron chi connectivity index (χ2n) is 5.21. The Morgan fingerprint density at radius 2 is 1.70 bits per heavy atom. The quantitative estimate of drug-likeness (QED) is 0.817. The van der Waals surface area contributed by atoms with Crippen LogP contribution >= 0.6 is 0 Å². The first-order chi connectivity index (χ1) is 11.0. The lowest BCUT2D eigenvalue weighted by Crippen LogP contribution is -2.30. The van der Waals surface area contributed by atoms with E-state index in [0.717, 1.165) is 17.0 Å². The van der Waals surface area contributed by atoms with E-state index in [0.29, 0.717) is 11.3 Å². The number of ether oxygens (including phenoxy) is 1. The minimum atomic E-state index is -0.796. The Morgan fingerprint density at radius 1 is 1.04 bits per heavy atom. The van der Waals surface area contributed by atoms with Crippen molar-refractivity contribution >= 4 is 11.8 Å². The summed E-state index contributed by atoms with van der Waals surface area (Å²) in [4.78, 5) is 25.8. The number of carbonyl (C=O) groups excluding carboxylic acids is 2. The van der Waals surface area contributed by atoms with Gasteiger partial charge >= 0.3 is 0 Å². The van der Waals surface area contributed by atoms with Crippen molar-refractivity contribution in [1.82, 2.24) is 4.90 Å². The van der Waals surface area contributed by atoms with E-state index in [9.17, 15) is 18.4 Å². The predicted molar refractivity (Wildman–Crippen MR) is 78.3 cm³/mol. The van der Waals surface area contributed by atoms with Gasteiger partial charge in [0, 0.05) is 11.1 Å². The maximum Gasteiger partial charge on any atom is 0.262 e. The molecule has 0 saturated carbocycles. The molecule has 1 aliphatic heterocycles. The van der Waals surface area contributed by atoms with Gasteiger partial charge in [0.05, 0.1) is 24.8 Å². The van der Waals surface area contributed by atoms with Crippen LogP contribution in [-0.2, 0) is 6.54 Å². The van der Waals surface area contributed by atoms with E-state index >= 15 is 0 Å². The molecule has 1 aliphatic rings. The molecule has 0 fully saturated rings. The first kappa shape index (κ1) is 15.1. The van der Waals surface area contributed by atoms with Crippen molar-refractivity contribution in [3.8, 4) is 5.75 Å². The topological polar surface area (TPSA) is 46.6 Å². The molecule has 0 spiro atoms. The van der Waals surface area contributed by atoms with Gasteiger partial charge in [0.25, 0.3) is 11.8 Å². The first-order valence-electron chi connectivity index (χ1n) is 6.92. The van der Waals surface area contributed by atoms with E-state index in [1.807, 2.05) is 0 Å². The highest BCUT2D eigenvalue weighted by molar-refractivity contribution is 6.22. The molecule has 0 N–H and O–H groups in total. The third-order valence-electron chi connectivity index (χ3n) is 3.95. The second-order valence-corrected chi connectivity index (χ2v) is 5.21. The molecule has 0 unspecified atom stereocenters. The maximum absolute atomic E-state index is 13.8. The zero-order valence-electron chi connectivity index (χ0n) is 12.5. The fraction of sp³-hybridized carbons (Fsp3) is 0.176. The summed E-state index contributed by atoms with van der Waals surface area (Å²) in [7, 11) is 1.46. The normalized spacial score (nSPS) is 13.5. The average Bonchev–Trinajstić information content (AvgIpc) is 2.76. The number of fused-ring (bicyclic) bond motifs is 1. The highest BCUT2D eigenvalue weighted by atomic mass is 19.1. The van der Waals surface area contributed by atoms with E-state index < -0.39 is 30.0 Å². The molecule has 0 atom stereocenters. The van der Waals surface area contributed by atoms with Gasteiger partial charge in [-0.15, -0.1) is 0 Å². The maximum atomic E-state index is 13.8. The van der Waals surface area contributed by atoms with E-state index in [1.54, 1.807) is 13.0 Å². The Hall–Kier alpha value is -2.76. The summed E-state index contributed by atoms with van der Waals surface area (Å²) in [6.45, 7) is 1.21. The van der Waals surface area contributed by atoms with Gasteiger partial charge < -0.3 is 4.74 Å². The molecule has 6 heteroatoms. The number of benzene rings is 2. The smallest absolute Gasteiger partial charge is 0.262 e. The third-order valence-corrected chi connectivity index (χ3v) is 3.95. The first-order valence-corrected chi connectivity index (χ1v) is 6.92. The van der Waals surface area contributed by atoms with E-state index in [1.165, 1.54) is 19.2 Å². The van der Waals surface area contributed by atoms with Crippen LogP contribution in [0.5, 0.6) is 5.75 Å². The predicted octanol–water partition coefficient (Wildman–Crippen LogP) is 3.08. The Bertz CT molecular complexity index is 813. The molecular weight excluding hydrogens is 304 g/mol.